The van der Waals surface area contributed by atoms with Crippen LogP contribution >= 0.6 is 0 Å². The van der Waals surface area contributed by atoms with E-state index >= 15 is 0 Å². The first-order valence-corrected chi connectivity index (χ1v) is 15.3. The number of nitrogens with one attached hydrogen (secondary N) is 2. The molecule has 0 amide bonds. The first-order chi connectivity index (χ1) is 20.4. The molecule has 11 heteroatoms. The molecule has 216 valence electrons. The summed E-state index contributed by atoms with van der Waals surface area (Å²) in [6, 6.07) is 19.4. The number of benzene rings is 3. The van der Waals surface area contributed by atoms with E-state index in [-0.39, 0.29) is 5.69 Å². The predicted octanol–water partition coefficient (Wildman–Crippen LogP) is 6.41. The average Bonchev–Trinajstić information content (AvgIpc) is 3.64. The van der Waals surface area contributed by atoms with Crippen molar-refractivity contribution in [2.45, 2.75) is 30.7 Å². The lowest BCUT2D eigenvalue weighted by Crippen LogP contribution is -2.21. The summed E-state index contributed by atoms with van der Waals surface area (Å²) in [4.78, 5) is 10.3. The van der Waals surface area contributed by atoms with Crippen molar-refractivity contribution in [3.8, 4) is 11.3 Å². The Morgan fingerprint density at radius 3 is 2.33 bits per heavy atom. The van der Waals surface area contributed by atoms with E-state index < -0.39 is 26.6 Å². The van der Waals surface area contributed by atoms with Crippen molar-refractivity contribution >= 4 is 38.1 Å². The van der Waals surface area contributed by atoms with E-state index in [0.29, 0.717) is 11.5 Å². The van der Waals surface area contributed by atoms with Gasteiger partial charge in [0.05, 0.1) is 5.69 Å². The molecule has 8 nitrogen and oxygen atoms in total. The Labute approximate surface area is 243 Å². The summed E-state index contributed by atoms with van der Waals surface area (Å²) in [7, 11) is -4.45. The number of nitrogens with zero attached hydrogens (tertiary/aromatic N) is 4. The lowest BCUT2D eigenvalue weighted by atomic mass is 10.1. The summed E-state index contributed by atoms with van der Waals surface area (Å²) in [6.07, 6.45) is 7.38. The van der Waals surface area contributed by atoms with Gasteiger partial charge in [-0.25, -0.2) is 27.2 Å². The standard InChI is InChI=1S/C31H30F2N6O2S/c32-26-5-3-6-27(33)31(26)42(40,41)37-25-10-8-24(9-11-25)36-30-20-28(34-21-35-30)22-7-12-29-23(19-22)13-18-39(29)17-4-16-38-14-1-2-15-38/h3,5-13,18-21,37H,1-2,4,14-17H2,(H,34,35,36). The molecule has 42 heavy (non-hydrogen) atoms. The minimum absolute atomic E-state index is 0.155. The zero-order valence-corrected chi connectivity index (χ0v) is 23.6. The first-order valence-electron chi connectivity index (χ1n) is 13.8. The lowest BCUT2D eigenvalue weighted by molar-refractivity contribution is 0.326. The summed E-state index contributed by atoms with van der Waals surface area (Å²) >= 11 is 0. The number of halogens is 2. The van der Waals surface area contributed by atoms with Crippen LogP contribution in [-0.4, -0.2) is 47.5 Å². The highest BCUT2D eigenvalue weighted by molar-refractivity contribution is 7.92. The van der Waals surface area contributed by atoms with Crippen LogP contribution < -0.4 is 10.0 Å². The topological polar surface area (TPSA) is 92.2 Å². The number of hydrogen-bond donors (Lipinski definition) is 2. The Bertz CT molecular complexity index is 1800. The van der Waals surface area contributed by atoms with Gasteiger partial charge in [0.25, 0.3) is 10.0 Å². The van der Waals surface area contributed by atoms with Crippen LogP contribution in [0.15, 0.2) is 90.2 Å². The molecular formula is C31H30F2N6O2S. The van der Waals surface area contributed by atoms with Gasteiger partial charge in [-0.2, -0.15) is 0 Å². The summed E-state index contributed by atoms with van der Waals surface area (Å²) in [5.41, 5.74) is 3.71. The molecule has 0 unspecified atom stereocenters. The number of anilines is 3. The van der Waals surface area contributed by atoms with E-state index in [1.54, 1.807) is 12.1 Å². The van der Waals surface area contributed by atoms with E-state index in [2.05, 4.69) is 59.9 Å². The van der Waals surface area contributed by atoms with Crippen LogP contribution in [-0.2, 0) is 16.6 Å². The van der Waals surface area contributed by atoms with Crippen molar-refractivity contribution in [3.63, 3.8) is 0 Å². The van der Waals surface area contributed by atoms with Crippen molar-refractivity contribution in [1.82, 2.24) is 19.4 Å². The normalized spacial score (nSPS) is 14.0. The van der Waals surface area contributed by atoms with Crippen LogP contribution in [0.3, 0.4) is 0 Å². The van der Waals surface area contributed by atoms with Gasteiger partial charge in [0.1, 0.15) is 23.8 Å². The Morgan fingerprint density at radius 1 is 0.833 bits per heavy atom. The first kappa shape index (κ1) is 27.8. The average molecular weight is 589 g/mol. The predicted molar refractivity (Wildman–Crippen MR) is 160 cm³/mol. The fourth-order valence-corrected chi connectivity index (χ4v) is 6.52. The number of fused-ring (bicyclic) bond motifs is 1. The molecule has 6 rings (SSSR count). The van der Waals surface area contributed by atoms with Crippen molar-refractivity contribution in [2.24, 2.45) is 0 Å². The minimum atomic E-state index is -4.45. The molecule has 0 saturated carbocycles. The third kappa shape index (κ3) is 6.12. The SMILES string of the molecule is O=S(=O)(Nc1ccc(Nc2cc(-c3ccc4c(ccn4CCCN4CCCC4)c3)ncn2)cc1)c1c(F)cccc1F. The minimum Gasteiger partial charge on any atom is -0.347 e. The van der Waals surface area contributed by atoms with E-state index in [9.17, 15) is 17.2 Å². The maximum absolute atomic E-state index is 14.0. The summed E-state index contributed by atoms with van der Waals surface area (Å²) in [5.74, 6) is -1.77. The number of aromatic nitrogens is 3. The van der Waals surface area contributed by atoms with Crippen molar-refractivity contribution < 1.29 is 17.2 Å². The van der Waals surface area contributed by atoms with Gasteiger partial charge in [0, 0.05) is 46.6 Å². The number of aryl methyl sites for hydroxylation is 1. The summed E-state index contributed by atoms with van der Waals surface area (Å²) in [6.45, 7) is 4.57. The summed E-state index contributed by atoms with van der Waals surface area (Å²) in [5, 5.41) is 4.33. The highest BCUT2D eigenvalue weighted by Crippen LogP contribution is 2.27. The van der Waals surface area contributed by atoms with Gasteiger partial charge in [0.2, 0.25) is 0 Å². The van der Waals surface area contributed by atoms with Gasteiger partial charge in [-0.15, -0.1) is 0 Å². The molecule has 3 aromatic carbocycles. The van der Waals surface area contributed by atoms with Crippen molar-refractivity contribution in [3.05, 3.63) is 97.0 Å². The maximum Gasteiger partial charge on any atom is 0.267 e. The van der Waals surface area contributed by atoms with Crippen LogP contribution in [0.2, 0.25) is 0 Å². The molecule has 2 N–H and O–H groups in total. The molecule has 0 atom stereocenters. The Balaban J connectivity index is 1.12. The van der Waals surface area contributed by atoms with Gasteiger partial charge in [-0.05, 0) is 93.5 Å². The quantitative estimate of drug-likeness (QED) is 0.196. The summed E-state index contributed by atoms with van der Waals surface area (Å²) < 4.78 is 57.6. The number of hydrogen-bond acceptors (Lipinski definition) is 6. The Morgan fingerprint density at radius 2 is 1.57 bits per heavy atom. The monoisotopic (exact) mass is 588 g/mol. The van der Waals surface area contributed by atoms with Crippen LogP contribution in [0.4, 0.5) is 26.0 Å². The molecule has 0 aliphatic carbocycles. The highest BCUT2D eigenvalue weighted by Gasteiger charge is 2.23. The Kier molecular flexibility index (Phi) is 7.86. The number of sulfonamides is 1. The largest absolute Gasteiger partial charge is 0.347 e. The Hall–Kier alpha value is -4.35. The molecule has 1 saturated heterocycles. The van der Waals surface area contributed by atoms with Gasteiger partial charge in [-0.3, -0.25) is 4.72 Å². The van der Waals surface area contributed by atoms with Crippen molar-refractivity contribution in [2.75, 3.05) is 29.7 Å². The second kappa shape index (κ2) is 11.9. The van der Waals surface area contributed by atoms with Crippen molar-refractivity contribution in [1.29, 1.82) is 0 Å². The number of likely N-dealkylation sites (tertiary alicyclic amines) is 1. The van der Waals surface area contributed by atoms with Gasteiger partial charge < -0.3 is 14.8 Å². The van der Waals surface area contributed by atoms with Crippen LogP contribution in [0, 0.1) is 11.6 Å². The molecule has 0 bridgehead atoms. The fraction of sp³-hybridized carbons (Fsp3) is 0.226. The fourth-order valence-electron chi connectivity index (χ4n) is 5.32. The smallest absolute Gasteiger partial charge is 0.267 e. The van der Waals surface area contributed by atoms with Crippen LogP contribution in [0.25, 0.3) is 22.2 Å². The molecule has 1 aliphatic heterocycles. The molecule has 5 aromatic rings. The van der Waals surface area contributed by atoms with Crippen LogP contribution in [0.1, 0.15) is 19.3 Å². The molecule has 0 spiro atoms. The third-order valence-electron chi connectivity index (χ3n) is 7.40. The van der Waals surface area contributed by atoms with Gasteiger partial charge >= 0.3 is 0 Å². The third-order valence-corrected chi connectivity index (χ3v) is 8.83. The number of rotatable bonds is 10. The molecule has 1 fully saturated rings. The van der Waals surface area contributed by atoms with Gasteiger partial charge in [0.15, 0.2) is 4.90 Å². The highest BCUT2D eigenvalue weighted by atomic mass is 32.2. The van der Waals surface area contributed by atoms with E-state index in [0.717, 1.165) is 54.4 Å². The zero-order chi connectivity index (χ0) is 29.1. The van der Waals surface area contributed by atoms with E-state index in [1.165, 1.54) is 49.9 Å². The molecular weight excluding hydrogens is 558 g/mol. The molecule has 1 aliphatic rings. The second-order valence-corrected chi connectivity index (χ2v) is 12.0. The van der Waals surface area contributed by atoms with Crippen LogP contribution in [0.5, 0.6) is 0 Å². The lowest BCUT2D eigenvalue weighted by Gasteiger charge is -2.14. The molecule has 3 heterocycles. The maximum atomic E-state index is 14.0. The molecule has 2 aromatic heterocycles. The van der Waals surface area contributed by atoms with E-state index in [1.807, 2.05) is 6.07 Å². The second-order valence-electron chi connectivity index (χ2n) is 10.3. The van der Waals surface area contributed by atoms with Gasteiger partial charge in [-0.1, -0.05) is 12.1 Å². The molecule has 0 radical (unpaired) electrons. The van der Waals surface area contributed by atoms with E-state index in [4.69, 9.17) is 0 Å². The zero-order valence-electron chi connectivity index (χ0n) is 22.8.